The van der Waals surface area contributed by atoms with E-state index in [1.807, 2.05) is 30.3 Å². The maximum absolute atomic E-state index is 12.4. The highest BCUT2D eigenvalue weighted by Gasteiger charge is 2.34. The van der Waals surface area contributed by atoms with Gasteiger partial charge < -0.3 is 15.4 Å². The molecule has 5 nitrogen and oxygen atoms in total. The third kappa shape index (κ3) is 3.82. The van der Waals surface area contributed by atoms with Crippen molar-refractivity contribution < 1.29 is 14.3 Å². The van der Waals surface area contributed by atoms with Gasteiger partial charge >= 0.3 is 5.97 Å². The van der Waals surface area contributed by atoms with E-state index in [1.54, 1.807) is 4.90 Å². The van der Waals surface area contributed by atoms with Crippen LogP contribution in [-0.2, 0) is 20.7 Å². The van der Waals surface area contributed by atoms with E-state index in [2.05, 4.69) is 0 Å². The van der Waals surface area contributed by atoms with E-state index in [1.165, 1.54) is 7.11 Å². The van der Waals surface area contributed by atoms with Crippen LogP contribution >= 0.6 is 0 Å². The highest BCUT2D eigenvalue weighted by Crippen LogP contribution is 2.17. The first kappa shape index (κ1) is 15.5. The monoisotopic (exact) mass is 290 g/mol. The quantitative estimate of drug-likeness (QED) is 0.843. The van der Waals surface area contributed by atoms with Crippen LogP contribution in [0.2, 0.25) is 0 Å². The molecule has 114 valence electrons. The molecule has 0 bridgehead atoms. The van der Waals surface area contributed by atoms with E-state index >= 15 is 0 Å². The molecule has 1 aromatic carbocycles. The average Bonchev–Trinajstić information content (AvgIpc) is 2.68. The lowest BCUT2D eigenvalue weighted by atomic mass is 10.0. The first-order valence-corrected chi connectivity index (χ1v) is 7.31. The molecule has 0 aromatic heterocycles. The predicted octanol–water partition coefficient (Wildman–Crippen LogP) is 1.11. The molecule has 2 rings (SSSR count). The van der Waals surface area contributed by atoms with Crippen LogP contribution in [0, 0.1) is 0 Å². The van der Waals surface area contributed by atoms with Crippen LogP contribution in [0.4, 0.5) is 0 Å². The smallest absolute Gasteiger partial charge is 0.328 e. The highest BCUT2D eigenvalue weighted by molar-refractivity contribution is 5.87. The predicted molar refractivity (Wildman–Crippen MR) is 79.5 cm³/mol. The molecule has 1 fully saturated rings. The maximum atomic E-state index is 12.4. The molecule has 0 saturated carbocycles. The van der Waals surface area contributed by atoms with Gasteiger partial charge in [0.2, 0.25) is 5.91 Å². The molecule has 1 aliphatic rings. The van der Waals surface area contributed by atoms with Crippen molar-refractivity contribution in [2.24, 2.45) is 5.73 Å². The Balaban J connectivity index is 2.22. The van der Waals surface area contributed by atoms with Crippen LogP contribution in [0.1, 0.15) is 24.8 Å². The van der Waals surface area contributed by atoms with E-state index in [-0.39, 0.29) is 11.9 Å². The Morgan fingerprint density at radius 1 is 1.38 bits per heavy atom. The zero-order chi connectivity index (χ0) is 15.2. The van der Waals surface area contributed by atoms with Gasteiger partial charge in [-0.3, -0.25) is 4.79 Å². The molecule has 1 saturated heterocycles. The van der Waals surface area contributed by atoms with Crippen molar-refractivity contribution in [3.8, 4) is 0 Å². The molecule has 0 radical (unpaired) electrons. The summed E-state index contributed by atoms with van der Waals surface area (Å²) in [4.78, 5) is 26.1. The molecule has 2 N–H and O–H groups in total. The molecule has 0 unspecified atom stereocenters. The number of likely N-dealkylation sites (tertiary alicyclic amines) is 1. The van der Waals surface area contributed by atoms with E-state index in [0.717, 1.165) is 18.4 Å². The van der Waals surface area contributed by atoms with E-state index in [9.17, 15) is 9.59 Å². The Labute approximate surface area is 125 Å². The molecule has 1 amide bonds. The Morgan fingerprint density at radius 2 is 2.10 bits per heavy atom. The molecule has 2 atom stereocenters. The number of methoxy groups -OCH3 is 1. The average molecular weight is 290 g/mol. The number of carbonyl (C=O) groups excluding carboxylic acids is 2. The summed E-state index contributed by atoms with van der Waals surface area (Å²) >= 11 is 0. The number of carbonyl (C=O) groups is 2. The molecule has 1 aliphatic heterocycles. The van der Waals surface area contributed by atoms with Gasteiger partial charge in [0.1, 0.15) is 6.04 Å². The summed E-state index contributed by atoms with van der Waals surface area (Å²) in [6.07, 6.45) is 2.89. The van der Waals surface area contributed by atoms with Crippen molar-refractivity contribution in [2.45, 2.75) is 37.8 Å². The number of hydrogen-bond acceptors (Lipinski definition) is 4. The first-order valence-electron chi connectivity index (χ1n) is 7.31. The summed E-state index contributed by atoms with van der Waals surface area (Å²) in [6, 6.07) is 8.52. The SMILES string of the molecule is COC(=O)[C@H](Cc1ccccc1)N1CCCC[C@H](N)C1=O. The zero-order valence-electron chi connectivity index (χ0n) is 12.3. The molecule has 5 heteroatoms. The summed E-state index contributed by atoms with van der Waals surface area (Å²) < 4.78 is 4.89. The van der Waals surface area contributed by atoms with Gasteiger partial charge in [0, 0.05) is 13.0 Å². The topological polar surface area (TPSA) is 72.6 Å². The molecule has 21 heavy (non-hydrogen) atoms. The summed E-state index contributed by atoms with van der Waals surface area (Å²) in [7, 11) is 1.35. The minimum absolute atomic E-state index is 0.154. The highest BCUT2D eigenvalue weighted by atomic mass is 16.5. The van der Waals surface area contributed by atoms with Gasteiger partial charge in [-0.1, -0.05) is 30.3 Å². The first-order chi connectivity index (χ1) is 10.1. The van der Waals surface area contributed by atoms with Crippen LogP contribution in [0.15, 0.2) is 30.3 Å². The molecule has 1 aromatic rings. The molecular weight excluding hydrogens is 268 g/mol. The van der Waals surface area contributed by atoms with Crippen molar-refractivity contribution >= 4 is 11.9 Å². The van der Waals surface area contributed by atoms with Crippen LogP contribution in [0.25, 0.3) is 0 Å². The maximum Gasteiger partial charge on any atom is 0.328 e. The molecule has 0 aliphatic carbocycles. The molecule has 0 spiro atoms. The fourth-order valence-corrected chi connectivity index (χ4v) is 2.70. The Bertz CT molecular complexity index is 490. The number of esters is 1. The Hall–Kier alpha value is -1.88. The fraction of sp³-hybridized carbons (Fsp3) is 0.500. The number of nitrogens with two attached hydrogens (primary N) is 1. The number of nitrogens with zero attached hydrogens (tertiary/aromatic N) is 1. The van der Waals surface area contributed by atoms with Crippen LogP contribution in [0.5, 0.6) is 0 Å². The van der Waals surface area contributed by atoms with Gasteiger partial charge in [-0.25, -0.2) is 4.79 Å². The minimum Gasteiger partial charge on any atom is -0.467 e. The summed E-state index contributed by atoms with van der Waals surface area (Å²) in [5, 5.41) is 0. The van der Waals surface area contributed by atoms with E-state index < -0.39 is 12.1 Å². The summed E-state index contributed by atoms with van der Waals surface area (Å²) in [6.45, 7) is 0.555. The number of amides is 1. The van der Waals surface area contributed by atoms with Gasteiger partial charge in [-0.2, -0.15) is 0 Å². The second kappa shape index (κ2) is 7.22. The molecule has 1 heterocycles. The number of ether oxygens (including phenoxy) is 1. The second-order valence-corrected chi connectivity index (χ2v) is 5.36. The standard InChI is InChI=1S/C16H22N2O3/c1-21-16(20)14(11-12-7-3-2-4-8-12)18-10-6-5-9-13(17)15(18)19/h2-4,7-8,13-14H,5-6,9-11,17H2,1H3/t13-,14-/m0/s1. The second-order valence-electron chi connectivity index (χ2n) is 5.36. The largest absolute Gasteiger partial charge is 0.467 e. The Kier molecular flexibility index (Phi) is 5.33. The molecular formula is C16H22N2O3. The third-order valence-electron chi connectivity index (χ3n) is 3.89. The van der Waals surface area contributed by atoms with Gasteiger partial charge in [0.05, 0.1) is 13.2 Å². The van der Waals surface area contributed by atoms with Gasteiger partial charge in [0.25, 0.3) is 0 Å². The summed E-state index contributed by atoms with van der Waals surface area (Å²) in [5.41, 5.74) is 6.90. The normalized spacial score (nSPS) is 20.8. The lowest BCUT2D eigenvalue weighted by molar-refractivity contribution is -0.153. The lowest BCUT2D eigenvalue weighted by Gasteiger charge is -2.30. The number of hydrogen-bond donors (Lipinski definition) is 1. The number of rotatable bonds is 4. The van der Waals surface area contributed by atoms with E-state index in [4.69, 9.17) is 10.5 Å². The van der Waals surface area contributed by atoms with Gasteiger partial charge in [0.15, 0.2) is 0 Å². The van der Waals surface area contributed by atoms with Crippen molar-refractivity contribution in [2.75, 3.05) is 13.7 Å². The van der Waals surface area contributed by atoms with Crippen molar-refractivity contribution in [1.29, 1.82) is 0 Å². The lowest BCUT2D eigenvalue weighted by Crippen LogP contribution is -2.51. The van der Waals surface area contributed by atoms with Crippen LogP contribution in [-0.4, -0.2) is 42.5 Å². The Morgan fingerprint density at radius 3 is 2.76 bits per heavy atom. The zero-order valence-corrected chi connectivity index (χ0v) is 12.3. The van der Waals surface area contributed by atoms with Gasteiger partial charge in [-0.05, 0) is 24.8 Å². The van der Waals surface area contributed by atoms with E-state index in [0.29, 0.717) is 19.4 Å². The van der Waals surface area contributed by atoms with Gasteiger partial charge in [-0.15, -0.1) is 0 Å². The number of benzene rings is 1. The third-order valence-corrected chi connectivity index (χ3v) is 3.89. The van der Waals surface area contributed by atoms with Crippen molar-refractivity contribution in [3.63, 3.8) is 0 Å². The fourth-order valence-electron chi connectivity index (χ4n) is 2.70. The van der Waals surface area contributed by atoms with Crippen molar-refractivity contribution in [3.05, 3.63) is 35.9 Å². The summed E-state index contributed by atoms with van der Waals surface area (Å²) in [5.74, 6) is -0.542. The van der Waals surface area contributed by atoms with Crippen LogP contribution in [0.3, 0.4) is 0 Å². The van der Waals surface area contributed by atoms with Crippen molar-refractivity contribution in [1.82, 2.24) is 4.90 Å². The minimum atomic E-state index is -0.603. The van der Waals surface area contributed by atoms with Crippen LogP contribution < -0.4 is 5.73 Å².